The number of nitrogens with zero attached hydrogens (tertiary/aromatic N) is 3. The van der Waals surface area contributed by atoms with Gasteiger partial charge in [-0.3, -0.25) is 0 Å². The number of thioether (sulfide) groups is 1. The molecule has 0 spiro atoms. The van der Waals surface area contributed by atoms with E-state index in [0.717, 1.165) is 0 Å². The molecule has 10 heavy (non-hydrogen) atoms. The molecule has 0 atom stereocenters. The maximum absolute atomic E-state index is 8.69. The molecule has 0 radical (unpaired) electrons. The lowest BCUT2D eigenvalue weighted by atomic mass is 11.0. The molecule has 5 nitrogen and oxygen atoms in total. The van der Waals surface area contributed by atoms with Gasteiger partial charge in [0, 0.05) is 0 Å². The number of aromatic nitrogens is 3. The molecule has 1 heterocycles. The lowest BCUT2D eigenvalue weighted by Gasteiger charge is -1.94. The first-order chi connectivity index (χ1) is 4.72. The van der Waals surface area contributed by atoms with E-state index in [1.807, 2.05) is 0 Å². The maximum Gasteiger partial charge on any atom is 0.321 e. The summed E-state index contributed by atoms with van der Waals surface area (Å²) in [7, 11) is 0. The van der Waals surface area contributed by atoms with Gasteiger partial charge in [-0.05, 0) is 6.26 Å². The van der Waals surface area contributed by atoms with Crippen molar-refractivity contribution in [3.05, 3.63) is 0 Å². The Morgan fingerprint density at radius 3 is 2.00 bits per heavy atom. The van der Waals surface area contributed by atoms with Crippen molar-refractivity contribution >= 4 is 11.8 Å². The second kappa shape index (κ2) is 2.70. The first-order valence-electron chi connectivity index (χ1n) is 2.40. The molecule has 0 aromatic carbocycles. The van der Waals surface area contributed by atoms with E-state index in [1.54, 1.807) is 6.26 Å². The van der Waals surface area contributed by atoms with E-state index in [0.29, 0.717) is 5.16 Å². The highest BCUT2D eigenvalue weighted by Crippen LogP contribution is 2.13. The third-order valence-corrected chi connectivity index (χ3v) is 1.32. The quantitative estimate of drug-likeness (QED) is 0.562. The predicted molar refractivity (Wildman–Crippen MR) is 34.9 cm³/mol. The van der Waals surface area contributed by atoms with Crippen LogP contribution >= 0.6 is 11.8 Å². The maximum atomic E-state index is 8.69. The Morgan fingerprint density at radius 1 is 1.10 bits per heavy atom. The summed E-state index contributed by atoms with van der Waals surface area (Å²) in [5, 5.41) is 17.7. The minimum absolute atomic E-state index is 0.296. The molecule has 1 aromatic heterocycles. The van der Waals surface area contributed by atoms with Crippen molar-refractivity contribution in [3.63, 3.8) is 0 Å². The molecule has 2 N–H and O–H groups in total. The molecule has 0 fully saturated rings. The number of aromatic hydroxyl groups is 2. The zero-order valence-corrected chi connectivity index (χ0v) is 5.96. The molecular weight excluding hydrogens is 154 g/mol. The first-order valence-corrected chi connectivity index (χ1v) is 3.63. The molecule has 0 amide bonds. The Bertz CT molecular complexity index is 222. The number of hydrogen-bond donors (Lipinski definition) is 2. The van der Waals surface area contributed by atoms with E-state index >= 15 is 0 Å². The molecule has 6 heteroatoms. The molecule has 0 aliphatic heterocycles. The summed E-state index contributed by atoms with van der Waals surface area (Å²) in [6, 6.07) is -0.922. The smallest absolute Gasteiger partial charge is 0.321 e. The van der Waals surface area contributed by atoms with Crippen molar-refractivity contribution in [2.75, 3.05) is 6.26 Å². The summed E-state index contributed by atoms with van der Waals surface area (Å²) in [5.74, 6) is 0. The summed E-state index contributed by atoms with van der Waals surface area (Å²) >= 11 is 1.21. The van der Waals surface area contributed by atoms with Crippen LogP contribution in [0.5, 0.6) is 12.0 Å². The van der Waals surface area contributed by atoms with Crippen molar-refractivity contribution in [2.24, 2.45) is 0 Å². The number of rotatable bonds is 1. The van der Waals surface area contributed by atoms with Crippen LogP contribution < -0.4 is 0 Å². The first kappa shape index (κ1) is 7.07. The molecule has 0 unspecified atom stereocenters. The van der Waals surface area contributed by atoms with Gasteiger partial charge in [0.1, 0.15) is 0 Å². The molecule has 0 saturated heterocycles. The summed E-state index contributed by atoms with van der Waals surface area (Å²) in [4.78, 5) is 10.1. The third kappa shape index (κ3) is 1.47. The molecule has 0 aliphatic rings. The fraction of sp³-hybridized carbons (Fsp3) is 0.250. The fourth-order valence-electron chi connectivity index (χ4n) is 0.427. The molecule has 0 aliphatic carbocycles. The van der Waals surface area contributed by atoms with Crippen LogP contribution in [0.15, 0.2) is 5.16 Å². The van der Waals surface area contributed by atoms with Gasteiger partial charge in [0.15, 0.2) is 5.16 Å². The molecular formula is C4H5N3O2S. The fourth-order valence-corrected chi connectivity index (χ4v) is 0.773. The van der Waals surface area contributed by atoms with Crippen LogP contribution in [0.1, 0.15) is 0 Å². The van der Waals surface area contributed by atoms with Gasteiger partial charge < -0.3 is 10.2 Å². The van der Waals surface area contributed by atoms with E-state index in [4.69, 9.17) is 10.2 Å². The van der Waals surface area contributed by atoms with Crippen LogP contribution in [0.4, 0.5) is 0 Å². The van der Waals surface area contributed by atoms with Crippen LogP contribution in [0, 0.1) is 0 Å². The van der Waals surface area contributed by atoms with Crippen molar-refractivity contribution in [2.45, 2.75) is 5.16 Å². The highest BCUT2D eigenvalue weighted by Gasteiger charge is 2.00. The van der Waals surface area contributed by atoms with Crippen molar-refractivity contribution < 1.29 is 10.2 Å². The summed E-state index contributed by atoms with van der Waals surface area (Å²) in [6.45, 7) is 0. The standard InChI is InChI=1S/C4H5N3O2S/c1-10-4-6-2(8)5-3(9)7-4/h1H3,(H2,5,6,7,8,9). The zero-order chi connectivity index (χ0) is 7.56. The number of hydrogen-bond acceptors (Lipinski definition) is 6. The normalized spacial score (nSPS) is 9.70. The van der Waals surface area contributed by atoms with E-state index in [-0.39, 0.29) is 0 Å². The lowest BCUT2D eigenvalue weighted by Crippen LogP contribution is -1.88. The Morgan fingerprint density at radius 2 is 1.60 bits per heavy atom. The third-order valence-electron chi connectivity index (χ3n) is 0.774. The summed E-state index contributed by atoms with van der Waals surface area (Å²) in [5.41, 5.74) is 0. The van der Waals surface area contributed by atoms with Crippen LogP contribution in [-0.4, -0.2) is 31.4 Å². The van der Waals surface area contributed by atoms with E-state index in [2.05, 4.69) is 15.0 Å². The van der Waals surface area contributed by atoms with Crippen molar-refractivity contribution in [3.8, 4) is 12.0 Å². The van der Waals surface area contributed by atoms with Gasteiger partial charge in [-0.1, -0.05) is 11.8 Å². The topological polar surface area (TPSA) is 79.1 Å². The highest BCUT2D eigenvalue weighted by molar-refractivity contribution is 7.98. The second-order valence-corrected chi connectivity index (χ2v) is 2.20. The largest absolute Gasteiger partial charge is 0.479 e. The van der Waals surface area contributed by atoms with Gasteiger partial charge >= 0.3 is 12.0 Å². The lowest BCUT2D eigenvalue weighted by molar-refractivity contribution is 0.372. The minimum atomic E-state index is -0.461. The van der Waals surface area contributed by atoms with Crippen LogP contribution in [-0.2, 0) is 0 Å². The van der Waals surface area contributed by atoms with Gasteiger partial charge in [0.25, 0.3) is 0 Å². The van der Waals surface area contributed by atoms with Crippen molar-refractivity contribution in [1.82, 2.24) is 15.0 Å². The van der Waals surface area contributed by atoms with Crippen LogP contribution in [0.2, 0.25) is 0 Å². The molecule has 0 saturated carbocycles. The van der Waals surface area contributed by atoms with Gasteiger partial charge in [0.2, 0.25) is 0 Å². The SMILES string of the molecule is CSc1nc(O)nc(O)n1. The average molecular weight is 159 g/mol. The predicted octanol–water partition coefficient (Wildman–Crippen LogP) is 0.00470. The average Bonchev–Trinajstić information content (AvgIpc) is 1.85. The Hall–Kier alpha value is -1.04. The molecule has 54 valence electrons. The van der Waals surface area contributed by atoms with Gasteiger partial charge in [-0.2, -0.15) is 9.97 Å². The summed E-state index contributed by atoms with van der Waals surface area (Å²) in [6.07, 6.45) is 1.73. The van der Waals surface area contributed by atoms with Crippen molar-refractivity contribution in [1.29, 1.82) is 0 Å². The van der Waals surface area contributed by atoms with Crippen LogP contribution in [0.25, 0.3) is 0 Å². The zero-order valence-electron chi connectivity index (χ0n) is 5.14. The van der Waals surface area contributed by atoms with Crippen LogP contribution in [0.3, 0.4) is 0 Å². The Kier molecular flexibility index (Phi) is 1.91. The molecule has 0 bridgehead atoms. The molecule has 1 rings (SSSR count). The summed E-state index contributed by atoms with van der Waals surface area (Å²) < 4.78 is 0. The minimum Gasteiger partial charge on any atom is -0.479 e. The monoisotopic (exact) mass is 159 g/mol. The van der Waals surface area contributed by atoms with E-state index in [1.165, 1.54) is 11.8 Å². The van der Waals surface area contributed by atoms with E-state index < -0.39 is 12.0 Å². The van der Waals surface area contributed by atoms with Gasteiger partial charge in [-0.15, -0.1) is 4.98 Å². The second-order valence-electron chi connectivity index (χ2n) is 1.42. The Labute approximate surface area is 61.2 Å². The van der Waals surface area contributed by atoms with Gasteiger partial charge in [-0.25, -0.2) is 0 Å². The highest BCUT2D eigenvalue weighted by atomic mass is 32.2. The van der Waals surface area contributed by atoms with E-state index in [9.17, 15) is 0 Å². The Balaban J connectivity index is 3.06. The molecule has 1 aromatic rings. The van der Waals surface area contributed by atoms with Gasteiger partial charge in [0.05, 0.1) is 0 Å².